The number of nitrogens with one attached hydrogen (secondary N) is 2. The zero-order chi connectivity index (χ0) is 14.2. The summed E-state index contributed by atoms with van der Waals surface area (Å²) >= 11 is 0. The van der Waals surface area contributed by atoms with Crippen molar-refractivity contribution in [2.45, 2.75) is 38.6 Å². The Balaban J connectivity index is 1.64. The van der Waals surface area contributed by atoms with Gasteiger partial charge < -0.3 is 10.6 Å². The Morgan fingerprint density at radius 3 is 2.40 bits per heavy atom. The molecular formula is C15H30N4O. The number of hydrogen-bond acceptors (Lipinski definition) is 4. The molecule has 0 saturated carbocycles. The molecule has 2 rings (SSSR count). The van der Waals surface area contributed by atoms with Crippen LogP contribution in [0.15, 0.2) is 0 Å². The number of carbonyl (C=O) groups excluding carboxylic acids is 1. The first kappa shape index (κ1) is 15.7. The van der Waals surface area contributed by atoms with E-state index < -0.39 is 0 Å². The van der Waals surface area contributed by atoms with E-state index in [-0.39, 0.29) is 11.9 Å². The van der Waals surface area contributed by atoms with Gasteiger partial charge in [0.1, 0.15) is 0 Å². The molecule has 0 aromatic carbocycles. The molecule has 1 atom stereocenters. The van der Waals surface area contributed by atoms with Crippen LogP contribution in [0.5, 0.6) is 0 Å². The molecule has 0 aromatic heterocycles. The molecule has 2 N–H and O–H groups in total. The van der Waals surface area contributed by atoms with E-state index in [9.17, 15) is 4.79 Å². The molecule has 0 aromatic rings. The molecule has 20 heavy (non-hydrogen) atoms. The second-order valence-corrected chi connectivity index (χ2v) is 6.01. The highest BCUT2D eigenvalue weighted by molar-refractivity contribution is 5.81. The van der Waals surface area contributed by atoms with E-state index in [0.29, 0.717) is 0 Å². The minimum atomic E-state index is 0.0242. The molecular weight excluding hydrogens is 252 g/mol. The molecule has 0 spiro atoms. The molecule has 116 valence electrons. The smallest absolute Gasteiger partial charge is 0.237 e. The van der Waals surface area contributed by atoms with Crippen LogP contribution in [-0.2, 0) is 4.79 Å². The highest BCUT2D eigenvalue weighted by Gasteiger charge is 2.21. The number of nitrogens with zero attached hydrogens (tertiary/aromatic N) is 2. The summed E-state index contributed by atoms with van der Waals surface area (Å²) in [5.41, 5.74) is 0. The van der Waals surface area contributed by atoms with Crippen LogP contribution >= 0.6 is 0 Å². The molecule has 2 heterocycles. The number of amides is 1. The number of piperazine rings is 1. The quantitative estimate of drug-likeness (QED) is 0.760. The summed E-state index contributed by atoms with van der Waals surface area (Å²) in [6.45, 7) is 10.3. The minimum absolute atomic E-state index is 0.0242. The van der Waals surface area contributed by atoms with E-state index in [1.54, 1.807) is 0 Å². The molecule has 0 bridgehead atoms. The molecule has 0 radical (unpaired) electrons. The standard InChI is InChI=1S/C15H30N4O/c1-14(19-9-4-2-3-5-10-19)15(20)17-8-13-18-11-6-16-7-12-18/h14,16H,2-13H2,1H3,(H,17,20). The average Bonchev–Trinajstić information content (AvgIpc) is 2.76. The zero-order valence-electron chi connectivity index (χ0n) is 12.9. The van der Waals surface area contributed by atoms with Crippen molar-refractivity contribution in [1.82, 2.24) is 20.4 Å². The van der Waals surface area contributed by atoms with Gasteiger partial charge in [-0.25, -0.2) is 0 Å². The first-order chi connectivity index (χ1) is 9.77. The van der Waals surface area contributed by atoms with Crippen molar-refractivity contribution in [2.75, 3.05) is 52.4 Å². The highest BCUT2D eigenvalue weighted by atomic mass is 16.2. The Morgan fingerprint density at radius 2 is 1.75 bits per heavy atom. The predicted octanol–water partition coefficient (Wildman–Crippen LogP) is 0.272. The van der Waals surface area contributed by atoms with Gasteiger partial charge in [-0.3, -0.25) is 14.6 Å². The largest absolute Gasteiger partial charge is 0.353 e. The molecule has 2 saturated heterocycles. The van der Waals surface area contributed by atoms with Gasteiger partial charge in [-0.1, -0.05) is 12.8 Å². The topological polar surface area (TPSA) is 47.6 Å². The Labute approximate surface area is 123 Å². The van der Waals surface area contributed by atoms with Gasteiger partial charge >= 0.3 is 0 Å². The lowest BCUT2D eigenvalue weighted by molar-refractivity contribution is -0.125. The summed E-state index contributed by atoms with van der Waals surface area (Å²) in [7, 11) is 0. The number of rotatable bonds is 5. The monoisotopic (exact) mass is 282 g/mol. The van der Waals surface area contributed by atoms with E-state index in [0.717, 1.165) is 52.4 Å². The Morgan fingerprint density at radius 1 is 1.10 bits per heavy atom. The molecule has 2 aliphatic rings. The average molecular weight is 282 g/mol. The predicted molar refractivity (Wildman–Crippen MR) is 81.8 cm³/mol. The van der Waals surface area contributed by atoms with E-state index in [1.165, 1.54) is 25.7 Å². The number of likely N-dealkylation sites (tertiary alicyclic amines) is 1. The van der Waals surface area contributed by atoms with Crippen molar-refractivity contribution in [3.05, 3.63) is 0 Å². The zero-order valence-corrected chi connectivity index (χ0v) is 12.9. The molecule has 2 fully saturated rings. The van der Waals surface area contributed by atoms with Crippen molar-refractivity contribution in [2.24, 2.45) is 0 Å². The van der Waals surface area contributed by atoms with Crippen molar-refractivity contribution in [3.63, 3.8) is 0 Å². The Hall–Kier alpha value is -0.650. The molecule has 0 aliphatic carbocycles. The van der Waals surface area contributed by atoms with Crippen LogP contribution in [-0.4, -0.2) is 74.1 Å². The summed E-state index contributed by atoms with van der Waals surface area (Å²) in [5.74, 6) is 0.196. The van der Waals surface area contributed by atoms with E-state index >= 15 is 0 Å². The Kier molecular flexibility index (Phi) is 6.76. The third kappa shape index (κ3) is 5.04. The Bertz CT molecular complexity index is 284. The maximum absolute atomic E-state index is 12.2. The van der Waals surface area contributed by atoms with Gasteiger partial charge in [0.15, 0.2) is 0 Å². The molecule has 2 aliphatic heterocycles. The summed E-state index contributed by atoms with van der Waals surface area (Å²) < 4.78 is 0. The summed E-state index contributed by atoms with van der Waals surface area (Å²) in [4.78, 5) is 17.0. The lowest BCUT2D eigenvalue weighted by Crippen LogP contribution is -2.49. The summed E-state index contributed by atoms with van der Waals surface area (Å²) in [6.07, 6.45) is 5.10. The number of hydrogen-bond donors (Lipinski definition) is 2. The first-order valence-corrected chi connectivity index (χ1v) is 8.22. The highest BCUT2D eigenvalue weighted by Crippen LogP contribution is 2.12. The van der Waals surface area contributed by atoms with Gasteiger partial charge in [-0.15, -0.1) is 0 Å². The van der Waals surface area contributed by atoms with Crippen LogP contribution in [0.1, 0.15) is 32.6 Å². The lowest BCUT2D eigenvalue weighted by atomic mass is 10.2. The van der Waals surface area contributed by atoms with Crippen LogP contribution in [0.3, 0.4) is 0 Å². The van der Waals surface area contributed by atoms with Crippen molar-refractivity contribution >= 4 is 5.91 Å². The summed E-state index contributed by atoms with van der Waals surface area (Å²) in [6, 6.07) is 0.0242. The van der Waals surface area contributed by atoms with Crippen LogP contribution in [0, 0.1) is 0 Å². The number of carbonyl (C=O) groups is 1. The minimum Gasteiger partial charge on any atom is -0.353 e. The van der Waals surface area contributed by atoms with Gasteiger partial charge in [0, 0.05) is 39.3 Å². The normalized spacial score (nSPS) is 24.1. The fraction of sp³-hybridized carbons (Fsp3) is 0.933. The first-order valence-electron chi connectivity index (χ1n) is 8.22. The van der Waals surface area contributed by atoms with Crippen molar-refractivity contribution < 1.29 is 4.79 Å². The molecule has 1 amide bonds. The summed E-state index contributed by atoms with van der Waals surface area (Å²) in [5, 5.41) is 6.45. The van der Waals surface area contributed by atoms with Gasteiger partial charge in [-0.2, -0.15) is 0 Å². The SMILES string of the molecule is CC(C(=O)NCCN1CCNCC1)N1CCCCCC1. The van der Waals surface area contributed by atoms with Crippen LogP contribution in [0.25, 0.3) is 0 Å². The van der Waals surface area contributed by atoms with E-state index in [4.69, 9.17) is 0 Å². The van der Waals surface area contributed by atoms with Crippen molar-refractivity contribution in [1.29, 1.82) is 0 Å². The fourth-order valence-electron chi connectivity index (χ4n) is 3.07. The van der Waals surface area contributed by atoms with Crippen LogP contribution in [0.4, 0.5) is 0 Å². The second-order valence-electron chi connectivity index (χ2n) is 6.01. The van der Waals surface area contributed by atoms with Crippen molar-refractivity contribution in [3.8, 4) is 0 Å². The van der Waals surface area contributed by atoms with Crippen LogP contribution < -0.4 is 10.6 Å². The third-order valence-electron chi connectivity index (χ3n) is 4.50. The molecule has 1 unspecified atom stereocenters. The van der Waals surface area contributed by atoms with Crippen LogP contribution in [0.2, 0.25) is 0 Å². The van der Waals surface area contributed by atoms with Gasteiger partial charge in [0.25, 0.3) is 0 Å². The van der Waals surface area contributed by atoms with Gasteiger partial charge in [-0.05, 0) is 32.9 Å². The van der Waals surface area contributed by atoms with E-state index in [2.05, 4.69) is 20.4 Å². The second kappa shape index (κ2) is 8.60. The molecule has 5 heteroatoms. The third-order valence-corrected chi connectivity index (χ3v) is 4.50. The maximum atomic E-state index is 12.2. The fourth-order valence-corrected chi connectivity index (χ4v) is 3.07. The maximum Gasteiger partial charge on any atom is 0.237 e. The van der Waals surface area contributed by atoms with Gasteiger partial charge in [0.2, 0.25) is 5.91 Å². The van der Waals surface area contributed by atoms with E-state index in [1.807, 2.05) is 6.92 Å². The lowest BCUT2D eigenvalue weighted by Gasteiger charge is -2.29. The van der Waals surface area contributed by atoms with Gasteiger partial charge in [0.05, 0.1) is 6.04 Å². The molecule has 5 nitrogen and oxygen atoms in total.